The molecule has 1 aromatic heterocycles. The van der Waals surface area contributed by atoms with Crippen LogP contribution in [0, 0.1) is 13.8 Å². The molecule has 0 saturated heterocycles. The van der Waals surface area contributed by atoms with Crippen molar-refractivity contribution in [1.29, 1.82) is 0 Å². The summed E-state index contributed by atoms with van der Waals surface area (Å²) in [6, 6.07) is 9.51. The molecule has 20 heavy (non-hydrogen) atoms. The number of hydrogen-bond donors (Lipinski definition) is 2. The van der Waals surface area contributed by atoms with Crippen molar-refractivity contribution in [2.45, 2.75) is 20.4 Å². The lowest BCUT2D eigenvalue weighted by atomic mass is 10.2. The van der Waals surface area contributed by atoms with E-state index in [4.69, 9.17) is 23.8 Å². The first-order valence-electron chi connectivity index (χ1n) is 6.14. The van der Waals surface area contributed by atoms with E-state index in [0.29, 0.717) is 17.6 Å². The van der Waals surface area contributed by atoms with Crippen LogP contribution >= 0.6 is 23.8 Å². The SMILES string of the molecule is Cc1cc(C)nc(NC(=S)NCc2ccc(Cl)cc2)n1. The van der Waals surface area contributed by atoms with E-state index in [-0.39, 0.29) is 0 Å². The monoisotopic (exact) mass is 306 g/mol. The second-order valence-electron chi connectivity index (χ2n) is 4.41. The van der Waals surface area contributed by atoms with Crippen molar-refractivity contribution in [2.75, 3.05) is 5.32 Å². The van der Waals surface area contributed by atoms with Gasteiger partial charge in [0.05, 0.1) is 0 Å². The predicted molar refractivity (Wildman–Crippen MR) is 86.0 cm³/mol. The fourth-order valence-electron chi connectivity index (χ4n) is 1.71. The Morgan fingerprint density at radius 2 is 1.75 bits per heavy atom. The highest BCUT2D eigenvalue weighted by atomic mass is 35.5. The van der Waals surface area contributed by atoms with Gasteiger partial charge < -0.3 is 10.6 Å². The minimum atomic E-state index is 0.491. The summed E-state index contributed by atoms with van der Waals surface area (Å²) in [5.74, 6) is 0.510. The molecule has 1 heterocycles. The van der Waals surface area contributed by atoms with Crippen molar-refractivity contribution in [1.82, 2.24) is 15.3 Å². The molecule has 6 heteroatoms. The largest absolute Gasteiger partial charge is 0.358 e. The van der Waals surface area contributed by atoms with Crippen LogP contribution in [0.2, 0.25) is 5.02 Å². The molecular formula is C14H15ClN4S. The summed E-state index contributed by atoms with van der Waals surface area (Å²) in [4.78, 5) is 8.55. The zero-order valence-electron chi connectivity index (χ0n) is 11.3. The summed E-state index contributed by atoms with van der Waals surface area (Å²) < 4.78 is 0. The number of nitrogens with zero attached hydrogens (tertiary/aromatic N) is 2. The van der Waals surface area contributed by atoms with Gasteiger partial charge in [-0.1, -0.05) is 23.7 Å². The molecule has 0 aliphatic rings. The van der Waals surface area contributed by atoms with Crippen molar-refractivity contribution < 1.29 is 0 Å². The highest BCUT2D eigenvalue weighted by Gasteiger charge is 2.02. The Balaban J connectivity index is 1.90. The van der Waals surface area contributed by atoms with E-state index in [1.807, 2.05) is 44.2 Å². The van der Waals surface area contributed by atoms with Gasteiger partial charge in [-0.2, -0.15) is 0 Å². The molecule has 4 nitrogen and oxygen atoms in total. The number of anilines is 1. The number of rotatable bonds is 3. The fourth-order valence-corrected chi connectivity index (χ4v) is 2.00. The van der Waals surface area contributed by atoms with Crippen LogP contribution in [0.5, 0.6) is 0 Å². The van der Waals surface area contributed by atoms with Crippen LogP contribution in [0.3, 0.4) is 0 Å². The summed E-state index contributed by atoms with van der Waals surface area (Å²) >= 11 is 11.1. The van der Waals surface area contributed by atoms with Gasteiger partial charge in [0.1, 0.15) is 0 Å². The van der Waals surface area contributed by atoms with Crippen LogP contribution < -0.4 is 10.6 Å². The molecule has 0 unspecified atom stereocenters. The maximum absolute atomic E-state index is 5.84. The maximum atomic E-state index is 5.84. The molecule has 2 N–H and O–H groups in total. The second-order valence-corrected chi connectivity index (χ2v) is 5.25. The number of aromatic nitrogens is 2. The van der Waals surface area contributed by atoms with Crippen LogP contribution in [-0.2, 0) is 6.54 Å². The summed E-state index contributed by atoms with van der Waals surface area (Å²) in [6.45, 7) is 4.46. The predicted octanol–water partition coefficient (Wildman–Crippen LogP) is 3.23. The van der Waals surface area contributed by atoms with Gasteiger partial charge in [0.2, 0.25) is 5.95 Å². The first-order valence-corrected chi connectivity index (χ1v) is 6.93. The molecule has 0 fully saturated rings. The third kappa shape index (κ3) is 4.43. The van der Waals surface area contributed by atoms with Gasteiger partial charge in [0.15, 0.2) is 5.11 Å². The lowest BCUT2D eigenvalue weighted by molar-refractivity contribution is 0.921. The van der Waals surface area contributed by atoms with Crippen molar-refractivity contribution in [3.63, 3.8) is 0 Å². The van der Waals surface area contributed by atoms with E-state index >= 15 is 0 Å². The van der Waals surface area contributed by atoms with Gasteiger partial charge in [-0.3, -0.25) is 0 Å². The molecule has 104 valence electrons. The Morgan fingerprint density at radius 1 is 1.15 bits per heavy atom. The van der Waals surface area contributed by atoms with Crippen LogP contribution in [-0.4, -0.2) is 15.1 Å². The van der Waals surface area contributed by atoms with E-state index in [1.165, 1.54) is 0 Å². The third-order valence-electron chi connectivity index (χ3n) is 2.57. The minimum absolute atomic E-state index is 0.491. The van der Waals surface area contributed by atoms with E-state index in [2.05, 4.69) is 20.6 Å². The molecule has 0 bridgehead atoms. The molecule has 0 aliphatic carbocycles. The van der Waals surface area contributed by atoms with E-state index < -0.39 is 0 Å². The van der Waals surface area contributed by atoms with Crippen molar-refractivity contribution in [2.24, 2.45) is 0 Å². The molecule has 0 saturated carbocycles. The van der Waals surface area contributed by atoms with E-state index in [1.54, 1.807) is 0 Å². The molecule has 0 aliphatic heterocycles. The van der Waals surface area contributed by atoms with E-state index in [0.717, 1.165) is 22.0 Å². The number of benzene rings is 1. The van der Waals surface area contributed by atoms with Crippen LogP contribution in [0.4, 0.5) is 5.95 Å². The second kappa shape index (κ2) is 6.63. The highest BCUT2D eigenvalue weighted by Crippen LogP contribution is 2.09. The third-order valence-corrected chi connectivity index (χ3v) is 3.07. The zero-order valence-corrected chi connectivity index (χ0v) is 12.8. The number of nitrogens with one attached hydrogen (secondary N) is 2. The first kappa shape index (κ1) is 14.7. The molecule has 1 aromatic carbocycles. The minimum Gasteiger partial charge on any atom is -0.358 e. The molecule has 0 amide bonds. The number of aryl methyl sites for hydroxylation is 2. The average molecular weight is 307 g/mol. The summed E-state index contributed by atoms with van der Waals surface area (Å²) in [5, 5.41) is 7.29. The highest BCUT2D eigenvalue weighted by molar-refractivity contribution is 7.80. The van der Waals surface area contributed by atoms with Gasteiger partial charge in [0, 0.05) is 23.0 Å². The van der Waals surface area contributed by atoms with Crippen molar-refractivity contribution in [3.05, 3.63) is 52.3 Å². The average Bonchev–Trinajstić information content (AvgIpc) is 2.37. The molecular weight excluding hydrogens is 292 g/mol. The van der Waals surface area contributed by atoms with Gasteiger partial charge in [-0.05, 0) is 49.8 Å². The Hall–Kier alpha value is -1.72. The zero-order chi connectivity index (χ0) is 14.5. The Kier molecular flexibility index (Phi) is 4.87. The maximum Gasteiger partial charge on any atom is 0.229 e. The van der Waals surface area contributed by atoms with Crippen LogP contribution in [0.1, 0.15) is 17.0 Å². The van der Waals surface area contributed by atoms with Crippen LogP contribution in [0.15, 0.2) is 30.3 Å². The van der Waals surface area contributed by atoms with Crippen molar-refractivity contribution >= 4 is 34.9 Å². The summed E-state index contributed by atoms with van der Waals surface area (Å²) in [6.07, 6.45) is 0. The molecule has 2 aromatic rings. The molecule has 0 atom stereocenters. The fraction of sp³-hybridized carbons (Fsp3) is 0.214. The van der Waals surface area contributed by atoms with E-state index in [9.17, 15) is 0 Å². The normalized spacial score (nSPS) is 10.2. The number of hydrogen-bond acceptors (Lipinski definition) is 3. The summed E-state index contributed by atoms with van der Waals surface area (Å²) in [5.41, 5.74) is 2.90. The quantitative estimate of drug-likeness (QED) is 0.853. The molecule has 0 spiro atoms. The number of halogens is 1. The Morgan fingerprint density at radius 3 is 2.35 bits per heavy atom. The van der Waals surface area contributed by atoms with Gasteiger partial charge in [-0.25, -0.2) is 9.97 Å². The Bertz CT molecular complexity index is 593. The Labute approximate surface area is 128 Å². The van der Waals surface area contributed by atoms with Gasteiger partial charge >= 0.3 is 0 Å². The smallest absolute Gasteiger partial charge is 0.229 e. The first-order chi connectivity index (χ1) is 9.52. The molecule has 2 rings (SSSR count). The van der Waals surface area contributed by atoms with Crippen LogP contribution in [0.25, 0.3) is 0 Å². The van der Waals surface area contributed by atoms with Crippen molar-refractivity contribution in [3.8, 4) is 0 Å². The number of thiocarbonyl (C=S) groups is 1. The summed E-state index contributed by atoms with van der Waals surface area (Å²) in [7, 11) is 0. The topological polar surface area (TPSA) is 49.8 Å². The molecule has 0 radical (unpaired) electrons. The van der Waals surface area contributed by atoms with Gasteiger partial charge in [-0.15, -0.1) is 0 Å². The lowest BCUT2D eigenvalue weighted by Gasteiger charge is -2.10. The lowest BCUT2D eigenvalue weighted by Crippen LogP contribution is -2.28. The van der Waals surface area contributed by atoms with Gasteiger partial charge in [0.25, 0.3) is 0 Å². The standard InChI is InChI=1S/C14H15ClN4S/c1-9-7-10(2)18-13(17-9)19-14(20)16-8-11-3-5-12(15)6-4-11/h3-7H,8H2,1-2H3,(H2,16,17,18,19,20).